The van der Waals surface area contributed by atoms with E-state index in [0.717, 1.165) is 25.6 Å². The van der Waals surface area contributed by atoms with Gasteiger partial charge in [-0.05, 0) is 56.8 Å². The van der Waals surface area contributed by atoms with Crippen LogP contribution in [0, 0.1) is 11.7 Å². The van der Waals surface area contributed by atoms with E-state index in [1.165, 1.54) is 37.9 Å². The van der Waals surface area contributed by atoms with Gasteiger partial charge in [0.05, 0.1) is 6.20 Å². The van der Waals surface area contributed by atoms with Crippen LogP contribution in [-0.2, 0) is 0 Å². The summed E-state index contributed by atoms with van der Waals surface area (Å²) in [5.41, 5.74) is 0.711. The molecule has 0 spiro atoms. The molecule has 2 fully saturated rings. The molecule has 1 saturated carbocycles. The van der Waals surface area contributed by atoms with E-state index >= 15 is 0 Å². The maximum absolute atomic E-state index is 13.3. The zero-order valence-electron chi connectivity index (χ0n) is 12.0. The highest BCUT2D eigenvalue weighted by Gasteiger charge is 2.33. The Balaban J connectivity index is 1.59. The third-order valence-corrected chi connectivity index (χ3v) is 4.44. The molecule has 0 aromatic carbocycles. The minimum absolute atomic E-state index is 0.282. The summed E-state index contributed by atoms with van der Waals surface area (Å²) in [5.74, 6) is 1.17. The number of rotatable bonds is 4. The lowest BCUT2D eigenvalue weighted by atomic mass is 9.97. The molecule has 0 bridgehead atoms. The van der Waals surface area contributed by atoms with Gasteiger partial charge < -0.3 is 10.2 Å². The Hall–Kier alpha value is -1.69. The Morgan fingerprint density at radius 2 is 2.05 bits per heavy atom. The van der Waals surface area contributed by atoms with E-state index in [4.69, 9.17) is 0 Å². The first-order chi connectivity index (χ1) is 10.3. The molecule has 1 aliphatic carbocycles. The lowest BCUT2D eigenvalue weighted by Gasteiger charge is -2.29. The quantitative estimate of drug-likeness (QED) is 0.933. The lowest BCUT2D eigenvalue weighted by Crippen LogP contribution is -2.37. The fourth-order valence-corrected chi connectivity index (χ4v) is 3.09. The zero-order valence-corrected chi connectivity index (χ0v) is 12.0. The monoisotopic (exact) mass is 289 g/mol. The van der Waals surface area contributed by atoms with Gasteiger partial charge in [0.1, 0.15) is 5.82 Å². The Bertz CT molecular complexity index is 630. The van der Waals surface area contributed by atoms with Gasteiger partial charge in [-0.2, -0.15) is 4.98 Å². The number of pyridine rings is 1. The molecule has 0 amide bonds. The second kappa shape index (κ2) is 5.26. The Labute approximate surface area is 123 Å². The first-order valence-electron chi connectivity index (χ1n) is 7.79. The van der Waals surface area contributed by atoms with Crippen LogP contribution in [-0.4, -0.2) is 40.3 Å². The molecule has 0 radical (unpaired) electrons. The Morgan fingerprint density at radius 3 is 2.81 bits per heavy atom. The maximum Gasteiger partial charge on any atom is 0.245 e. The molecule has 6 heteroatoms. The molecule has 4 rings (SSSR count). The van der Waals surface area contributed by atoms with E-state index < -0.39 is 0 Å². The smallest absolute Gasteiger partial charge is 0.245 e. The second-order valence-electron chi connectivity index (χ2n) is 6.14. The van der Waals surface area contributed by atoms with E-state index in [1.807, 2.05) is 0 Å². The van der Waals surface area contributed by atoms with Crippen molar-refractivity contribution in [2.75, 3.05) is 24.5 Å². The van der Waals surface area contributed by atoms with E-state index in [-0.39, 0.29) is 5.82 Å². The number of anilines is 1. The van der Waals surface area contributed by atoms with Crippen LogP contribution in [0.25, 0.3) is 5.65 Å². The van der Waals surface area contributed by atoms with E-state index in [2.05, 4.69) is 20.3 Å². The molecular weight excluding hydrogens is 269 g/mol. The van der Waals surface area contributed by atoms with Crippen LogP contribution in [0.1, 0.15) is 25.7 Å². The first kappa shape index (κ1) is 13.0. The van der Waals surface area contributed by atoms with Crippen LogP contribution in [0.5, 0.6) is 0 Å². The van der Waals surface area contributed by atoms with Gasteiger partial charge in [0.25, 0.3) is 0 Å². The van der Waals surface area contributed by atoms with Crippen molar-refractivity contribution in [2.24, 2.45) is 5.92 Å². The predicted molar refractivity (Wildman–Crippen MR) is 78.9 cm³/mol. The largest absolute Gasteiger partial charge is 0.336 e. The number of aromatic nitrogens is 3. The number of piperidine rings is 1. The third-order valence-electron chi connectivity index (χ3n) is 4.44. The molecule has 21 heavy (non-hydrogen) atoms. The van der Waals surface area contributed by atoms with Crippen molar-refractivity contribution in [3.8, 4) is 0 Å². The average Bonchev–Trinajstić information content (AvgIpc) is 3.25. The second-order valence-corrected chi connectivity index (χ2v) is 6.14. The van der Waals surface area contributed by atoms with Crippen molar-refractivity contribution < 1.29 is 4.39 Å². The normalized spacial score (nSPS) is 20.0. The fourth-order valence-electron chi connectivity index (χ4n) is 3.09. The van der Waals surface area contributed by atoms with Crippen molar-refractivity contribution >= 4 is 11.6 Å². The third kappa shape index (κ3) is 2.72. The molecule has 3 heterocycles. The summed E-state index contributed by atoms with van der Waals surface area (Å²) in [6, 6.07) is 3.69. The standard InChI is InChI=1S/C15H20FN5/c16-12-1-4-14-18-15(19-21(14)10-12)20(13-2-3-13)9-11-5-7-17-8-6-11/h1,4,10-11,13,17H,2-3,5-9H2. The average molecular weight is 289 g/mol. The highest BCUT2D eigenvalue weighted by Crippen LogP contribution is 2.32. The van der Waals surface area contributed by atoms with Crippen molar-refractivity contribution in [1.29, 1.82) is 0 Å². The van der Waals surface area contributed by atoms with Gasteiger partial charge in [-0.3, -0.25) is 0 Å². The SMILES string of the molecule is Fc1ccc2nc(N(CC3CCNCC3)C3CC3)nn2c1. The van der Waals surface area contributed by atoms with Gasteiger partial charge in [0, 0.05) is 12.6 Å². The minimum atomic E-state index is -0.282. The number of halogens is 1. The van der Waals surface area contributed by atoms with Crippen molar-refractivity contribution in [3.05, 3.63) is 24.1 Å². The predicted octanol–water partition coefficient (Wildman–Crippen LogP) is 1.84. The summed E-state index contributed by atoms with van der Waals surface area (Å²) in [7, 11) is 0. The number of hydrogen-bond acceptors (Lipinski definition) is 4. The summed E-state index contributed by atoms with van der Waals surface area (Å²) >= 11 is 0. The van der Waals surface area contributed by atoms with Crippen LogP contribution in [0.15, 0.2) is 18.3 Å². The molecule has 2 aromatic heterocycles. The van der Waals surface area contributed by atoms with E-state index in [1.54, 1.807) is 10.6 Å². The highest BCUT2D eigenvalue weighted by molar-refractivity contribution is 5.46. The number of nitrogens with one attached hydrogen (secondary N) is 1. The lowest BCUT2D eigenvalue weighted by molar-refractivity contribution is 0.371. The Kier molecular flexibility index (Phi) is 3.25. The molecule has 112 valence electrons. The molecule has 0 atom stereocenters. The highest BCUT2D eigenvalue weighted by atomic mass is 19.1. The summed E-state index contributed by atoms with van der Waals surface area (Å²) in [5, 5.41) is 7.88. The van der Waals surface area contributed by atoms with Crippen LogP contribution in [0.2, 0.25) is 0 Å². The fraction of sp³-hybridized carbons (Fsp3) is 0.600. The Morgan fingerprint density at radius 1 is 1.24 bits per heavy atom. The van der Waals surface area contributed by atoms with Gasteiger partial charge in [-0.1, -0.05) is 0 Å². The molecule has 0 unspecified atom stereocenters. The summed E-state index contributed by atoms with van der Waals surface area (Å²) in [6.45, 7) is 3.23. The number of nitrogens with zero attached hydrogens (tertiary/aromatic N) is 4. The van der Waals surface area contributed by atoms with E-state index in [9.17, 15) is 4.39 Å². The zero-order chi connectivity index (χ0) is 14.2. The summed E-state index contributed by atoms with van der Waals surface area (Å²) in [4.78, 5) is 6.91. The van der Waals surface area contributed by atoms with Gasteiger partial charge >= 0.3 is 0 Å². The topological polar surface area (TPSA) is 45.5 Å². The number of hydrogen-bond donors (Lipinski definition) is 1. The molecule has 1 saturated heterocycles. The summed E-state index contributed by atoms with van der Waals surface area (Å²) in [6.07, 6.45) is 6.25. The molecule has 2 aliphatic rings. The minimum Gasteiger partial charge on any atom is -0.336 e. The molecule has 2 aromatic rings. The van der Waals surface area contributed by atoms with Crippen molar-refractivity contribution in [1.82, 2.24) is 19.9 Å². The molecule has 1 N–H and O–H groups in total. The van der Waals surface area contributed by atoms with Gasteiger partial charge in [0.2, 0.25) is 5.95 Å². The first-order valence-corrected chi connectivity index (χ1v) is 7.79. The van der Waals surface area contributed by atoms with Crippen LogP contribution in [0.4, 0.5) is 10.3 Å². The number of fused-ring (bicyclic) bond motifs is 1. The van der Waals surface area contributed by atoms with Crippen molar-refractivity contribution in [2.45, 2.75) is 31.7 Å². The summed E-state index contributed by atoms with van der Waals surface area (Å²) < 4.78 is 14.8. The van der Waals surface area contributed by atoms with Crippen LogP contribution >= 0.6 is 0 Å². The van der Waals surface area contributed by atoms with Crippen LogP contribution < -0.4 is 10.2 Å². The maximum atomic E-state index is 13.3. The molecule has 1 aliphatic heterocycles. The van der Waals surface area contributed by atoms with Crippen LogP contribution in [0.3, 0.4) is 0 Å². The molecular formula is C15H20FN5. The van der Waals surface area contributed by atoms with Gasteiger partial charge in [0.15, 0.2) is 5.65 Å². The van der Waals surface area contributed by atoms with Gasteiger partial charge in [-0.25, -0.2) is 8.91 Å². The van der Waals surface area contributed by atoms with E-state index in [0.29, 0.717) is 17.6 Å². The molecule has 5 nitrogen and oxygen atoms in total. The van der Waals surface area contributed by atoms with Gasteiger partial charge in [-0.15, -0.1) is 5.10 Å². The van der Waals surface area contributed by atoms with Crippen molar-refractivity contribution in [3.63, 3.8) is 0 Å².